The zero-order chi connectivity index (χ0) is 20.7. The third-order valence-electron chi connectivity index (χ3n) is 6.01. The Balaban J connectivity index is 1.89. The number of hydrogen-bond donors (Lipinski definition) is 1. The molecule has 0 atom stereocenters. The lowest BCUT2D eigenvalue weighted by Crippen LogP contribution is -2.34. The molecule has 28 heavy (non-hydrogen) atoms. The van der Waals surface area contributed by atoms with Gasteiger partial charge in [-0.05, 0) is 77.6 Å². The Hall–Kier alpha value is -2.62. The van der Waals surface area contributed by atoms with Crippen molar-refractivity contribution >= 4 is 17.6 Å². The van der Waals surface area contributed by atoms with Crippen molar-refractivity contribution in [2.45, 2.75) is 58.3 Å². The van der Waals surface area contributed by atoms with Crippen LogP contribution in [0.4, 0.5) is 5.69 Å². The Morgan fingerprint density at radius 3 is 2.11 bits per heavy atom. The predicted octanol–water partition coefficient (Wildman–Crippen LogP) is 5.38. The topological polar surface area (TPSA) is 55.4 Å². The molecule has 1 N–H and O–H groups in total. The van der Waals surface area contributed by atoms with Crippen molar-refractivity contribution in [3.8, 4) is 0 Å². The van der Waals surface area contributed by atoms with Gasteiger partial charge in [-0.25, -0.2) is 4.79 Å². The summed E-state index contributed by atoms with van der Waals surface area (Å²) in [6.45, 7) is 10.9. The molecule has 2 aromatic carbocycles. The lowest BCUT2D eigenvalue weighted by molar-refractivity contribution is 0.0600. The number of carbonyl (C=O) groups is 2. The molecular formula is C24H29NO3. The summed E-state index contributed by atoms with van der Waals surface area (Å²) >= 11 is 0. The van der Waals surface area contributed by atoms with Gasteiger partial charge in [0.25, 0.3) is 5.91 Å². The molecule has 0 heterocycles. The fraction of sp³-hybridized carbons (Fsp3) is 0.417. The summed E-state index contributed by atoms with van der Waals surface area (Å²) in [7, 11) is 1.35. The molecule has 0 fully saturated rings. The van der Waals surface area contributed by atoms with E-state index in [2.05, 4.69) is 39.1 Å². The summed E-state index contributed by atoms with van der Waals surface area (Å²) in [5, 5.41) is 2.97. The van der Waals surface area contributed by atoms with Crippen molar-refractivity contribution in [1.29, 1.82) is 0 Å². The average Bonchev–Trinajstić information content (AvgIpc) is 2.66. The predicted molar refractivity (Wildman–Crippen MR) is 112 cm³/mol. The first-order chi connectivity index (χ1) is 13.0. The van der Waals surface area contributed by atoms with Gasteiger partial charge in [-0.3, -0.25) is 4.79 Å². The van der Waals surface area contributed by atoms with Crippen LogP contribution < -0.4 is 5.32 Å². The number of carbonyl (C=O) groups excluding carboxylic acids is 2. The quantitative estimate of drug-likeness (QED) is 0.728. The van der Waals surface area contributed by atoms with E-state index in [0.717, 1.165) is 18.4 Å². The second-order valence-electron chi connectivity index (χ2n) is 9.00. The van der Waals surface area contributed by atoms with Crippen LogP contribution in [0.15, 0.2) is 36.4 Å². The maximum atomic E-state index is 12.9. The molecule has 1 aliphatic carbocycles. The number of hydrogen-bond acceptors (Lipinski definition) is 3. The molecule has 1 aliphatic rings. The van der Waals surface area contributed by atoms with Crippen molar-refractivity contribution in [3.63, 3.8) is 0 Å². The van der Waals surface area contributed by atoms with Crippen LogP contribution in [0.1, 0.15) is 77.9 Å². The first kappa shape index (κ1) is 20.1. The fourth-order valence-electron chi connectivity index (χ4n) is 3.97. The highest BCUT2D eigenvalue weighted by Crippen LogP contribution is 2.45. The van der Waals surface area contributed by atoms with Crippen LogP contribution >= 0.6 is 0 Å². The number of anilines is 1. The van der Waals surface area contributed by atoms with Crippen molar-refractivity contribution in [1.82, 2.24) is 0 Å². The molecule has 4 nitrogen and oxygen atoms in total. The van der Waals surface area contributed by atoms with Crippen molar-refractivity contribution in [2.24, 2.45) is 0 Å². The molecule has 2 aromatic rings. The molecule has 0 aromatic heterocycles. The summed E-state index contributed by atoms with van der Waals surface area (Å²) in [6, 6.07) is 11.2. The number of ether oxygens (including phenoxy) is 1. The van der Waals surface area contributed by atoms with Crippen LogP contribution in [0.5, 0.6) is 0 Å². The largest absolute Gasteiger partial charge is 0.465 e. The Bertz CT molecular complexity index is 941. The lowest BCUT2D eigenvalue weighted by Gasteiger charge is -2.42. The first-order valence-electron chi connectivity index (χ1n) is 9.70. The second-order valence-corrected chi connectivity index (χ2v) is 9.00. The first-order valence-corrected chi connectivity index (χ1v) is 9.70. The van der Waals surface area contributed by atoms with Crippen LogP contribution in [0, 0.1) is 6.92 Å². The third kappa shape index (κ3) is 3.68. The molecule has 0 bridgehead atoms. The number of esters is 1. The molecule has 148 valence electrons. The molecular weight excluding hydrogens is 350 g/mol. The van der Waals surface area contributed by atoms with E-state index in [1.807, 2.05) is 19.1 Å². The van der Waals surface area contributed by atoms with Crippen molar-refractivity contribution in [2.75, 3.05) is 12.4 Å². The van der Waals surface area contributed by atoms with Gasteiger partial charge >= 0.3 is 5.97 Å². The van der Waals surface area contributed by atoms with E-state index in [0.29, 0.717) is 16.8 Å². The molecule has 3 rings (SSSR count). The van der Waals surface area contributed by atoms with Gasteiger partial charge in [0.15, 0.2) is 0 Å². The number of rotatable bonds is 3. The number of nitrogens with one attached hydrogen (secondary N) is 1. The van der Waals surface area contributed by atoms with Crippen LogP contribution in [-0.2, 0) is 15.6 Å². The fourth-order valence-corrected chi connectivity index (χ4v) is 3.97. The molecule has 1 amide bonds. The highest BCUT2D eigenvalue weighted by Gasteiger charge is 2.37. The van der Waals surface area contributed by atoms with Gasteiger partial charge in [0.1, 0.15) is 0 Å². The van der Waals surface area contributed by atoms with Crippen LogP contribution in [0.2, 0.25) is 0 Å². The highest BCUT2D eigenvalue weighted by atomic mass is 16.5. The van der Waals surface area contributed by atoms with E-state index in [9.17, 15) is 9.59 Å². The summed E-state index contributed by atoms with van der Waals surface area (Å²) in [5.74, 6) is -0.531. The third-order valence-corrected chi connectivity index (χ3v) is 6.01. The van der Waals surface area contributed by atoms with Crippen LogP contribution in [0.25, 0.3) is 0 Å². The van der Waals surface area contributed by atoms with E-state index >= 15 is 0 Å². The minimum absolute atomic E-state index is 0.0548. The van der Waals surface area contributed by atoms with Gasteiger partial charge in [0, 0.05) is 11.3 Å². The standard InChI is InChI=1S/C24H29NO3/c1-15-13-17(22(27)28-6)8-10-20(15)25-21(26)16-7-9-18-19(14-16)24(4,5)12-11-23(18,2)3/h7-10,13-14H,11-12H2,1-6H3,(H,25,26). The number of amides is 1. The van der Waals surface area contributed by atoms with Crippen molar-refractivity contribution in [3.05, 3.63) is 64.2 Å². The Morgan fingerprint density at radius 2 is 1.50 bits per heavy atom. The average molecular weight is 380 g/mol. The van der Waals surface area contributed by atoms with Gasteiger partial charge < -0.3 is 10.1 Å². The Labute approximate surface area is 167 Å². The zero-order valence-corrected chi connectivity index (χ0v) is 17.6. The van der Waals surface area contributed by atoms with E-state index < -0.39 is 0 Å². The Kier molecular flexibility index (Phi) is 5.09. The molecule has 0 unspecified atom stereocenters. The van der Waals surface area contributed by atoms with E-state index in [1.165, 1.54) is 18.2 Å². The van der Waals surface area contributed by atoms with E-state index in [1.54, 1.807) is 18.2 Å². The summed E-state index contributed by atoms with van der Waals surface area (Å²) in [6.07, 6.45) is 2.25. The van der Waals surface area contributed by atoms with Crippen molar-refractivity contribution < 1.29 is 14.3 Å². The zero-order valence-electron chi connectivity index (χ0n) is 17.6. The van der Waals surface area contributed by atoms with Gasteiger partial charge in [-0.1, -0.05) is 33.8 Å². The number of benzene rings is 2. The van der Waals surface area contributed by atoms with Gasteiger partial charge in [0.2, 0.25) is 0 Å². The number of aryl methyl sites for hydroxylation is 1. The minimum atomic E-state index is -0.388. The molecule has 0 aliphatic heterocycles. The van der Waals surface area contributed by atoms with Crippen LogP contribution in [0.3, 0.4) is 0 Å². The normalized spacial score (nSPS) is 16.8. The molecule has 4 heteroatoms. The molecule has 0 saturated carbocycles. The maximum Gasteiger partial charge on any atom is 0.337 e. The smallest absolute Gasteiger partial charge is 0.337 e. The minimum Gasteiger partial charge on any atom is -0.465 e. The SMILES string of the molecule is COC(=O)c1ccc(NC(=O)c2ccc3c(c2)C(C)(C)CCC3(C)C)c(C)c1. The van der Waals surface area contributed by atoms with Gasteiger partial charge in [-0.2, -0.15) is 0 Å². The highest BCUT2D eigenvalue weighted by molar-refractivity contribution is 6.05. The summed E-state index contributed by atoms with van der Waals surface area (Å²) in [5.41, 5.74) is 5.40. The summed E-state index contributed by atoms with van der Waals surface area (Å²) < 4.78 is 4.74. The summed E-state index contributed by atoms with van der Waals surface area (Å²) in [4.78, 5) is 24.6. The van der Waals surface area contributed by atoms with Gasteiger partial charge in [-0.15, -0.1) is 0 Å². The van der Waals surface area contributed by atoms with Crippen LogP contribution in [-0.4, -0.2) is 19.0 Å². The van der Waals surface area contributed by atoms with E-state index in [-0.39, 0.29) is 22.7 Å². The van der Waals surface area contributed by atoms with Gasteiger partial charge in [0.05, 0.1) is 12.7 Å². The second kappa shape index (κ2) is 7.08. The lowest BCUT2D eigenvalue weighted by atomic mass is 9.63. The number of fused-ring (bicyclic) bond motifs is 1. The molecule has 0 radical (unpaired) electrons. The van der Waals surface area contributed by atoms with E-state index in [4.69, 9.17) is 4.74 Å². The molecule has 0 spiro atoms. The maximum absolute atomic E-state index is 12.9. The monoisotopic (exact) mass is 379 g/mol. The number of methoxy groups -OCH3 is 1. The Morgan fingerprint density at radius 1 is 0.893 bits per heavy atom. The molecule has 0 saturated heterocycles.